The molecule has 1 fully saturated rings. The first-order valence-electron chi connectivity index (χ1n) is 6.47. The van der Waals surface area contributed by atoms with E-state index < -0.39 is 10.0 Å². The van der Waals surface area contributed by atoms with Crippen molar-refractivity contribution in [2.75, 3.05) is 36.0 Å². The molecular formula is C13H21N3O2S. The highest BCUT2D eigenvalue weighted by molar-refractivity contribution is 7.92. The first-order chi connectivity index (χ1) is 8.96. The molecule has 19 heavy (non-hydrogen) atoms. The van der Waals surface area contributed by atoms with E-state index >= 15 is 0 Å². The van der Waals surface area contributed by atoms with E-state index in [1.54, 1.807) is 6.07 Å². The number of rotatable bonds is 7. The van der Waals surface area contributed by atoms with Crippen LogP contribution in [0.4, 0.5) is 11.4 Å². The van der Waals surface area contributed by atoms with Crippen LogP contribution in [0.1, 0.15) is 12.8 Å². The second-order valence-electron chi connectivity index (χ2n) is 5.09. The van der Waals surface area contributed by atoms with Crippen molar-refractivity contribution in [3.63, 3.8) is 0 Å². The van der Waals surface area contributed by atoms with Gasteiger partial charge in [0.1, 0.15) is 0 Å². The van der Waals surface area contributed by atoms with Crippen LogP contribution >= 0.6 is 0 Å². The summed E-state index contributed by atoms with van der Waals surface area (Å²) in [5.74, 6) is 0.107. The summed E-state index contributed by atoms with van der Waals surface area (Å²) in [6.45, 7) is 0.507. The molecule has 1 aliphatic rings. The molecule has 0 aromatic heterocycles. The van der Waals surface area contributed by atoms with Crippen molar-refractivity contribution >= 4 is 21.4 Å². The van der Waals surface area contributed by atoms with Crippen LogP contribution in [-0.2, 0) is 10.0 Å². The molecule has 1 aromatic carbocycles. The summed E-state index contributed by atoms with van der Waals surface area (Å²) in [5.41, 5.74) is 1.58. The van der Waals surface area contributed by atoms with Crippen LogP contribution in [-0.4, -0.2) is 40.9 Å². The predicted octanol–water partition coefficient (Wildman–Crippen LogP) is 1.25. The van der Waals surface area contributed by atoms with Crippen LogP contribution in [0.15, 0.2) is 24.3 Å². The van der Waals surface area contributed by atoms with Crippen LogP contribution < -0.4 is 14.9 Å². The topological polar surface area (TPSA) is 61.4 Å². The first-order valence-corrected chi connectivity index (χ1v) is 8.13. The third kappa shape index (κ3) is 4.72. The van der Waals surface area contributed by atoms with Gasteiger partial charge in [-0.2, -0.15) is 0 Å². The number of sulfonamides is 1. The van der Waals surface area contributed by atoms with Gasteiger partial charge in [0.15, 0.2) is 0 Å². The number of benzene rings is 1. The van der Waals surface area contributed by atoms with Gasteiger partial charge < -0.3 is 10.2 Å². The van der Waals surface area contributed by atoms with E-state index in [0.717, 1.165) is 5.69 Å². The third-order valence-corrected chi connectivity index (χ3v) is 4.31. The molecule has 6 heteroatoms. The average molecular weight is 283 g/mol. The van der Waals surface area contributed by atoms with Crippen LogP contribution in [0.25, 0.3) is 0 Å². The normalized spacial score (nSPS) is 15.3. The molecule has 2 rings (SSSR count). The molecule has 0 spiro atoms. The van der Waals surface area contributed by atoms with E-state index in [-0.39, 0.29) is 5.75 Å². The fourth-order valence-electron chi connectivity index (χ4n) is 1.76. The average Bonchev–Trinajstić information content (AvgIpc) is 3.12. The van der Waals surface area contributed by atoms with Crippen molar-refractivity contribution in [1.29, 1.82) is 0 Å². The van der Waals surface area contributed by atoms with Gasteiger partial charge in [-0.25, -0.2) is 8.42 Å². The van der Waals surface area contributed by atoms with E-state index in [2.05, 4.69) is 10.0 Å². The van der Waals surface area contributed by atoms with E-state index in [1.807, 2.05) is 37.2 Å². The number of nitrogens with one attached hydrogen (secondary N) is 2. The molecule has 0 radical (unpaired) electrons. The maximum Gasteiger partial charge on any atom is 0.233 e. The predicted molar refractivity (Wildman–Crippen MR) is 79.2 cm³/mol. The summed E-state index contributed by atoms with van der Waals surface area (Å²) < 4.78 is 26.4. The summed E-state index contributed by atoms with van der Waals surface area (Å²) >= 11 is 0. The maximum atomic E-state index is 11.9. The van der Waals surface area contributed by atoms with Crippen molar-refractivity contribution < 1.29 is 8.42 Å². The highest BCUT2D eigenvalue weighted by Gasteiger charge is 2.21. The molecule has 0 bridgehead atoms. The maximum absolute atomic E-state index is 11.9. The highest BCUT2D eigenvalue weighted by Crippen LogP contribution is 2.19. The lowest BCUT2D eigenvalue weighted by Gasteiger charge is -2.14. The molecule has 0 amide bonds. The summed E-state index contributed by atoms with van der Waals surface area (Å²) in [5, 5.41) is 3.20. The largest absolute Gasteiger partial charge is 0.378 e. The second kappa shape index (κ2) is 5.79. The van der Waals surface area contributed by atoms with Crippen molar-refractivity contribution in [3.05, 3.63) is 24.3 Å². The van der Waals surface area contributed by atoms with Crippen molar-refractivity contribution in [3.8, 4) is 0 Å². The Kier molecular flexibility index (Phi) is 4.31. The zero-order valence-electron chi connectivity index (χ0n) is 11.4. The monoisotopic (exact) mass is 283 g/mol. The van der Waals surface area contributed by atoms with Crippen LogP contribution in [0, 0.1) is 0 Å². The van der Waals surface area contributed by atoms with Crippen molar-refractivity contribution in [2.24, 2.45) is 0 Å². The van der Waals surface area contributed by atoms with Gasteiger partial charge in [-0.05, 0) is 31.0 Å². The molecule has 106 valence electrons. The smallest absolute Gasteiger partial charge is 0.233 e. The molecule has 0 aliphatic heterocycles. The van der Waals surface area contributed by atoms with E-state index in [1.165, 1.54) is 12.8 Å². The zero-order chi connectivity index (χ0) is 13.9. The van der Waals surface area contributed by atoms with Gasteiger partial charge in [0.05, 0.1) is 11.4 Å². The Balaban J connectivity index is 1.92. The molecular weight excluding hydrogens is 262 g/mol. The minimum absolute atomic E-state index is 0.107. The number of nitrogens with zero attached hydrogens (tertiary/aromatic N) is 1. The van der Waals surface area contributed by atoms with Crippen LogP contribution in [0.2, 0.25) is 0 Å². The third-order valence-electron chi connectivity index (χ3n) is 3.02. The molecule has 1 aromatic rings. The van der Waals surface area contributed by atoms with E-state index in [0.29, 0.717) is 18.3 Å². The van der Waals surface area contributed by atoms with Gasteiger partial charge in [-0.15, -0.1) is 0 Å². The molecule has 0 saturated heterocycles. The summed E-state index contributed by atoms with van der Waals surface area (Å²) in [7, 11) is 0.572. The first kappa shape index (κ1) is 14.1. The van der Waals surface area contributed by atoms with Crippen LogP contribution in [0.5, 0.6) is 0 Å². The molecule has 0 atom stereocenters. The molecule has 1 aliphatic carbocycles. The SMILES string of the molecule is CN(C)c1cccc(NS(=O)(=O)CCNC2CC2)c1. The second-order valence-corrected chi connectivity index (χ2v) is 6.94. The van der Waals surface area contributed by atoms with Gasteiger partial charge in [-0.1, -0.05) is 6.07 Å². The van der Waals surface area contributed by atoms with E-state index in [4.69, 9.17) is 0 Å². The zero-order valence-corrected chi connectivity index (χ0v) is 12.2. The number of hydrogen-bond acceptors (Lipinski definition) is 4. The highest BCUT2D eigenvalue weighted by atomic mass is 32.2. The number of hydrogen-bond donors (Lipinski definition) is 2. The van der Waals surface area contributed by atoms with Gasteiger partial charge in [0.2, 0.25) is 10.0 Å². The van der Waals surface area contributed by atoms with Gasteiger partial charge in [-0.3, -0.25) is 4.72 Å². The fourth-order valence-corrected chi connectivity index (χ4v) is 2.74. The van der Waals surface area contributed by atoms with Gasteiger partial charge >= 0.3 is 0 Å². The molecule has 0 heterocycles. The quantitative estimate of drug-likeness (QED) is 0.790. The Morgan fingerprint density at radius 2 is 2.05 bits per heavy atom. The Hall–Kier alpha value is -1.27. The Labute approximate surface area is 115 Å². The van der Waals surface area contributed by atoms with Crippen molar-refractivity contribution in [2.45, 2.75) is 18.9 Å². The minimum Gasteiger partial charge on any atom is -0.378 e. The lowest BCUT2D eigenvalue weighted by Crippen LogP contribution is -2.28. The lowest BCUT2D eigenvalue weighted by molar-refractivity contribution is 0.595. The Bertz CT molecular complexity index is 524. The summed E-state index contributed by atoms with van der Waals surface area (Å²) in [4.78, 5) is 1.94. The van der Waals surface area contributed by atoms with Gasteiger partial charge in [0, 0.05) is 32.4 Å². The van der Waals surface area contributed by atoms with Crippen LogP contribution in [0.3, 0.4) is 0 Å². The molecule has 2 N–H and O–H groups in total. The lowest BCUT2D eigenvalue weighted by atomic mass is 10.3. The Morgan fingerprint density at radius 1 is 1.32 bits per heavy atom. The fraction of sp³-hybridized carbons (Fsp3) is 0.538. The standard InChI is InChI=1S/C13H21N3O2S/c1-16(2)13-5-3-4-12(10-13)15-19(17,18)9-8-14-11-6-7-11/h3-5,10-11,14-15H,6-9H2,1-2H3. The summed E-state index contributed by atoms with van der Waals surface area (Å²) in [6, 6.07) is 7.90. The number of anilines is 2. The van der Waals surface area contributed by atoms with E-state index in [9.17, 15) is 8.42 Å². The van der Waals surface area contributed by atoms with Gasteiger partial charge in [0.25, 0.3) is 0 Å². The molecule has 5 nitrogen and oxygen atoms in total. The summed E-state index contributed by atoms with van der Waals surface area (Å²) in [6.07, 6.45) is 2.33. The molecule has 1 saturated carbocycles. The Morgan fingerprint density at radius 3 is 2.68 bits per heavy atom. The van der Waals surface area contributed by atoms with Crippen molar-refractivity contribution in [1.82, 2.24) is 5.32 Å². The molecule has 0 unspecified atom stereocenters. The minimum atomic E-state index is -3.28.